The van der Waals surface area contributed by atoms with E-state index in [2.05, 4.69) is 20.5 Å². The van der Waals surface area contributed by atoms with Gasteiger partial charge in [0.05, 0.1) is 6.54 Å². The molecule has 1 aromatic rings. The number of rotatable bonds is 4. The molecule has 3 N–H and O–H groups in total. The van der Waals surface area contributed by atoms with Gasteiger partial charge in [-0.15, -0.1) is 0 Å². The van der Waals surface area contributed by atoms with Gasteiger partial charge in [0.25, 0.3) is 0 Å². The first-order valence-corrected chi connectivity index (χ1v) is 8.37. The molecule has 0 radical (unpaired) electrons. The van der Waals surface area contributed by atoms with Crippen LogP contribution < -0.4 is 11.0 Å². The van der Waals surface area contributed by atoms with Crippen molar-refractivity contribution in [2.24, 2.45) is 5.92 Å². The Kier molecular flexibility index (Phi) is 4.78. The number of aromatic nitrogens is 3. The van der Waals surface area contributed by atoms with Crippen LogP contribution in [-0.4, -0.2) is 44.5 Å². The normalized spacial score (nSPS) is 22.3. The minimum Gasteiger partial charge on any atom is -0.347 e. The zero-order valence-electron chi connectivity index (χ0n) is 13.1. The number of H-pyrrole nitrogens is 2. The van der Waals surface area contributed by atoms with Crippen LogP contribution in [0.4, 0.5) is 0 Å². The summed E-state index contributed by atoms with van der Waals surface area (Å²) in [6.07, 6.45) is 6.85. The van der Waals surface area contributed by atoms with Crippen molar-refractivity contribution in [3.63, 3.8) is 0 Å². The van der Waals surface area contributed by atoms with Crippen molar-refractivity contribution >= 4 is 11.8 Å². The molecule has 1 saturated heterocycles. The van der Waals surface area contributed by atoms with Crippen molar-refractivity contribution in [2.45, 2.75) is 57.5 Å². The topological polar surface area (TPSA) is 111 Å². The van der Waals surface area contributed by atoms with Crippen LogP contribution in [0.15, 0.2) is 4.79 Å². The molecule has 2 heterocycles. The van der Waals surface area contributed by atoms with Gasteiger partial charge in [-0.1, -0.05) is 19.3 Å². The van der Waals surface area contributed by atoms with Crippen molar-refractivity contribution in [1.82, 2.24) is 25.4 Å². The fraction of sp³-hybridized carbons (Fsp3) is 0.733. The predicted molar refractivity (Wildman–Crippen MR) is 82.4 cm³/mol. The number of nitrogens with zero attached hydrogens (tertiary/aromatic N) is 2. The van der Waals surface area contributed by atoms with E-state index < -0.39 is 11.7 Å². The highest BCUT2D eigenvalue weighted by Gasteiger charge is 2.37. The fourth-order valence-corrected chi connectivity index (χ4v) is 3.56. The van der Waals surface area contributed by atoms with Gasteiger partial charge in [-0.05, 0) is 25.7 Å². The number of aromatic amines is 2. The lowest BCUT2D eigenvalue weighted by molar-refractivity contribution is -0.142. The average molecular weight is 321 g/mol. The van der Waals surface area contributed by atoms with Crippen molar-refractivity contribution in [3.05, 3.63) is 16.3 Å². The molecule has 1 aromatic heterocycles. The van der Waals surface area contributed by atoms with Gasteiger partial charge in [0.2, 0.25) is 11.8 Å². The Hall–Kier alpha value is -2.12. The van der Waals surface area contributed by atoms with E-state index in [9.17, 15) is 14.4 Å². The van der Waals surface area contributed by atoms with E-state index in [1.54, 1.807) is 4.90 Å². The summed E-state index contributed by atoms with van der Waals surface area (Å²) in [7, 11) is 0. The van der Waals surface area contributed by atoms with Crippen molar-refractivity contribution < 1.29 is 9.59 Å². The number of amides is 2. The van der Waals surface area contributed by atoms with Gasteiger partial charge >= 0.3 is 5.69 Å². The second-order valence-corrected chi connectivity index (χ2v) is 6.37. The van der Waals surface area contributed by atoms with Crippen LogP contribution in [0.25, 0.3) is 0 Å². The molecule has 0 spiro atoms. The lowest BCUT2D eigenvalue weighted by Gasteiger charge is -2.30. The molecule has 2 aliphatic rings. The van der Waals surface area contributed by atoms with Crippen LogP contribution in [0, 0.1) is 5.92 Å². The number of nitrogens with one attached hydrogen (secondary N) is 3. The summed E-state index contributed by atoms with van der Waals surface area (Å²) in [5, 5.41) is 8.77. The van der Waals surface area contributed by atoms with Gasteiger partial charge in [-0.25, -0.2) is 9.89 Å². The van der Waals surface area contributed by atoms with Crippen LogP contribution in [0.1, 0.15) is 50.8 Å². The summed E-state index contributed by atoms with van der Waals surface area (Å²) < 4.78 is 0. The van der Waals surface area contributed by atoms with E-state index in [4.69, 9.17) is 0 Å². The third-order valence-corrected chi connectivity index (χ3v) is 4.77. The number of carbonyl (C=O) groups is 2. The quantitative estimate of drug-likeness (QED) is 0.740. The third kappa shape index (κ3) is 3.62. The van der Waals surface area contributed by atoms with Crippen LogP contribution in [0.5, 0.6) is 0 Å². The molecule has 3 rings (SSSR count). The molecule has 2 amide bonds. The number of likely N-dealkylation sites (tertiary alicyclic amines) is 1. The summed E-state index contributed by atoms with van der Waals surface area (Å²) in [5.74, 6) is 0.428. The number of carbonyl (C=O) groups excluding carboxylic acids is 2. The Morgan fingerprint density at radius 1 is 1.17 bits per heavy atom. The smallest absolute Gasteiger partial charge is 0.340 e. The lowest BCUT2D eigenvalue weighted by atomic mass is 9.88. The molecule has 0 aromatic carbocycles. The molecule has 1 aliphatic heterocycles. The van der Waals surface area contributed by atoms with Crippen LogP contribution in [-0.2, 0) is 16.1 Å². The van der Waals surface area contributed by atoms with Gasteiger partial charge < -0.3 is 10.2 Å². The molecule has 0 bridgehead atoms. The highest BCUT2D eigenvalue weighted by atomic mass is 16.2. The average Bonchev–Trinajstić information content (AvgIpc) is 3.21. The highest BCUT2D eigenvalue weighted by Crippen LogP contribution is 2.28. The zero-order chi connectivity index (χ0) is 16.2. The highest BCUT2D eigenvalue weighted by molar-refractivity contribution is 5.89. The van der Waals surface area contributed by atoms with E-state index in [0.29, 0.717) is 18.8 Å². The maximum absolute atomic E-state index is 12.7. The Balaban J connectivity index is 1.57. The molecule has 0 unspecified atom stereocenters. The maximum atomic E-state index is 12.7. The van der Waals surface area contributed by atoms with Gasteiger partial charge in [0.15, 0.2) is 0 Å². The molecular formula is C15H23N5O3. The van der Waals surface area contributed by atoms with E-state index >= 15 is 0 Å². The largest absolute Gasteiger partial charge is 0.347 e. The third-order valence-electron chi connectivity index (χ3n) is 4.77. The zero-order valence-corrected chi connectivity index (χ0v) is 13.1. The van der Waals surface area contributed by atoms with Gasteiger partial charge in [-0.3, -0.25) is 14.6 Å². The molecule has 8 heteroatoms. The summed E-state index contributed by atoms with van der Waals surface area (Å²) in [6, 6.07) is -0.393. The summed E-state index contributed by atoms with van der Waals surface area (Å²) >= 11 is 0. The monoisotopic (exact) mass is 321 g/mol. The Morgan fingerprint density at radius 3 is 2.65 bits per heavy atom. The maximum Gasteiger partial charge on any atom is 0.340 e. The Morgan fingerprint density at radius 2 is 1.96 bits per heavy atom. The van der Waals surface area contributed by atoms with Gasteiger partial charge in [-0.2, -0.15) is 5.10 Å². The first kappa shape index (κ1) is 15.8. The minimum atomic E-state index is -0.399. The second-order valence-electron chi connectivity index (χ2n) is 6.37. The van der Waals surface area contributed by atoms with E-state index in [0.717, 1.165) is 32.1 Å². The second kappa shape index (κ2) is 6.97. The van der Waals surface area contributed by atoms with E-state index in [1.807, 2.05) is 0 Å². The molecular weight excluding hydrogens is 298 g/mol. The first-order valence-electron chi connectivity index (χ1n) is 8.37. The van der Waals surface area contributed by atoms with Crippen molar-refractivity contribution in [3.8, 4) is 0 Å². The standard InChI is InChI=1S/C15H23N5O3/c21-13(16-9-12-17-15(23)19-18-12)11-7-4-8-20(11)14(22)10-5-2-1-3-6-10/h10-11H,1-9H2,(H,16,21)(H2,17,18,19,23)/t11-/m0/s1. The van der Waals surface area contributed by atoms with Gasteiger partial charge in [0.1, 0.15) is 11.9 Å². The Bertz CT molecular complexity index is 617. The van der Waals surface area contributed by atoms with Crippen molar-refractivity contribution in [1.29, 1.82) is 0 Å². The molecule has 2 fully saturated rings. The van der Waals surface area contributed by atoms with E-state index in [1.165, 1.54) is 6.42 Å². The summed E-state index contributed by atoms with van der Waals surface area (Å²) in [6.45, 7) is 0.812. The fourth-order valence-electron chi connectivity index (χ4n) is 3.56. The summed E-state index contributed by atoms with van der Waals surface area (Å²) in [4.78, 5) is 40.3. The van der Waals surface area contributed by atoms with Gasteiger partial charge in [0, 0.05) is 12.5 Å². The van der Waals surface area contributed by atoms with Crippen LogP contribution >= 0.6 is 0 Å². The minimum absolute atomic E-state index is 0.0832. The predicted octanol–water partition coefficient (Wildman–Crippen LogP) is 0.285. The SMILES string of the molecule is O=C(NCc1n[nH]c(=O)[nH]1)[C@@H]1CCCN1C(=O)C1CCCCC1. The molecule has 126 valence electrons. The molecule has 8 nitrogen and oxygen atoms in total. The lowest BCUT2D eigenvalue weighted by Crippen LogP contribution is -2.48. The molecule has 1 atom stereocenters. The van der Waals surface area contributed by atoms with Crippen molar-refractivity contribution in [2.75, 3.05) is 6.54 Å². The van der Waals surface area contributed by atoms with Crippen LogP contribution in [0.3, 0.4) is 0 Å². The van der Waals surface area contributed by atoms with E-state index in [-0.39, 0.29) is 24.3 Å². The summed E-state index contributed by atoms with van der Waals surface area (Å²) in [5.41, 5.74) is -0.399. The first-order chi connectivity index (χ1) is 11.1. The molecule has 1 aliphatic carbocycles. The van der Waals surface area contributed by atoms with Crippen LogP contribution in [0.2, 0.25) is 0 Å². The molecule has 23 heavy (non-hydrogen) atoms. The number of hydrogen-bond acceptors (Lipinski definition) is 4. The molecule has 1 saturated carbocycles. The Labute approximate surface area is 134 Å². The number of hydrogen-bond donors (Lipinski definition) is 3.